The van der Waals surface area contributed by atoms with Gasteiger partial charge >= 0.3 is 0 Å². The summed E-state index contributed by atoms with van der Waals surface area (Å²) in [5.41, 5.74) is 13.2. The van der Waals surface area contributed by atoms with Crippen molar-refractivity contribution in [2.75, 3.05) is 11.9 Å². The number of nitrogens with one attached hydrogen (secondary N) is 3. The van der Waals surface area contributed by atoms with Crippen molar-refractivity contribution in [3.8, 4) is 0 Å². The maximum absolute atomic E-state index is 12.0. The van der Waals surface area contributed by atoms with Crippen molar-refractivity contribution >= 4 is 17.5 Å². The Morgan fingerprint density at radius 2 is 2.13 bits per heavy atom. The lowest BCUT2D eigenvalue weighted by Crippen LogP contribution is -2.60. The molecule has 0 spiro atoms. The summed E-state index contributed by atoms with van der Waals surface area (Å²) < 4.78 is 0. The SMILES string of the molecule is NCC(=O)Nc1cccc(CC2NNC(=O)C3CCCCC23)c1. The molecule has 3 rings (SSSR count). The molecule has 0 bridgehead atoms. The predicted octanol–water partition coefficient (Wildman–Crippen LogP) is 0.936. The van der Waals surface area contributed by atoms with Crippen molar-refractivity contribution in [2.45, 2.75) is 38.1 Å². The second-order valence-corrected chi connectivity index (χ2v) is 6.45. The van der Waals surface area contributed by atoms with Gasteiger partial charge in [-0.25, -0.2) is 5.43 Å². The van der Waals surface area contributed by atoms with Crippen LogP contribution < -0.4 is 21.9 Å². The molecule has 5 N–H and O–H groups in total. The van der Waals surface area contributed by atoms with Crippen LogP contribution in [-0.2, 0) is 16.0 Å². The maximum Gasteiger partial charge on any atom is 0.238 e. The number of anilines is 1. The Kier molecular flexibility index (Phi) is 4.93. The minimum Gasteiger partial charge on any atom is -0.325 e. The highest BCUT2D eigenvalue weighted by atomic mass is 16.2. The topological polar surface area (TPSA) is 96.2 Å². The standard InChI is InChI=1S/C17H24N4O2/c18-10-16(22)19-12-5-3-4-11(8-12)9-15-13-6-1-2-7-14(13)17(23)21-20-15/h3-5,8,13-15,20H,1-2,6-7,9-10,18H2,(H,19,22)(H,21,23). The third kappa shape index (κ3) is 3.71. The minimum atomic E-state index is -0.197. The van der Waals surface area contributed by atoms with Gasteiger partial charge in [0.1, 0.15) is 0 Å². The van der Waals surface area contributed by atoms with Crippen LogP contribution in [0.3, 0.4) is 0 Å². The van der Waals surface area contributed by atoms with E-state index in [1.807, 2.05) is 24.3 Å². The zero-order chi connectivity index (χ0) is 16.2. The number of hydrogen-bond donors (Lipinski definition) is 4. The molecule has 1 aliphatic carbocycles. The van der Waals surface area contributed by atoms with Crippen molar-refractivity contribution in [1.29, 1.82) is 0 Å². The van der Waals surface area contributed by atoms with Crippen molar-refractivity contribution in [3.05, 3.63) is 29.8 Å². The van der Waals surface area contributed by atoms with Gasteiger partial charge in [-0.15, -0.1) is 0 Å². The fraction of sp³-hybridized carbons (Fsp3) is 0.529. The number of carbonyl (C=O) groups is 2. The first-order chi connectivity index (χ1) is 11.2. The number of rotatable bonds is 4. The largest absolute Gasteiger partial charge is 0.325 e. The molecule has 1 saturated heterocycles. The summed E-state index contributed by atoms with van der Waals surface area (Å²) in [5.74, 6) is 0.461. The van der Waals surface area contributed by atoms with Gasteiger partial charge in [0.2, 0.25) is 11.8 Å². The Bertz CT molecular complexity index is 590. The van der Waals surface area contributed by atoms with Gasteiger partial charge in [-0.05, 0) is 42.9 Å². The van der Waals surface area contributed by atoms with Crippen molar-refractivity contribution < 1.29 is 9.59 Å². The van der Waals surface area contributed by atoms with Crippen molar-refractivity contribution in [3.63, 3.8) is 0 Å². The fourth-order valence-electron chi connectivity index (χ4n) is 3.77. The van der Waals surface area contributed by atoms with E-state index < -0.39 is 0 Å². The molecule has 23 heavy (non-hydrogen) atoms. The lowest BCUT2D eigenvalue weighted by molar-refractivity contribution is -0.133. The fourth-order valence-corrected chi connectivity index (χ4v) is 3.77. The molecule has 3 unspecified atom stereocenters. The van der Waals surface area contributed by atoms with E-state index in [2.05, 4.69) is 16.2 Å². The molecule has 1 aliphatic heterocycles. The Labute approximate surface area is 136 Å². The lowest BCUT2D eigenvalue weighted by atomic mass is 9.72. The number of nitrogens with two attached hydrogens (primary N) is 1. The summed E-state index contributed by atoms with van der Waals surface area (Å²) in [7, 11) is 0. The number of carbonyl (C=O) groups excluding carboxylic acids is 2. The zero-order valence-corrected chi connectivity index (χ0v) is 13.2. The van der Waals surface area contributed by atoms with Crippen molar-refractivity contribution in [1.82, 2.24) is 10.9 Å². The van der Waals surface area contributed by atoms with Gasteiger partial charge in [0.15, 0.2) is 0 Å². The summed E-state index contributed by atoms with van der Waals surface area (Å²) in [6, 6.07) is 8.05. The Balaban J connectivity index is 1.69. The molecule has 6 nitrogen and oxygen atoms in total. The molecular formula is C17H24N4O2. The summed E-state index contributed by atoms with van der Waals surface area (Å²) in [6.45, 7) is -0.0236. The van der Waals surface area contributed by atoms with E-state index in [-0.39, 0.29) is 30.3 Å². The zero-order valence-electron chi connectivity index (χ0n) is 13.2. The molecule has 2 fully saturated rings. The van der Waals surface area contributed by atoms with Crippen LogP contribution in [0.25, 0.3) is 0 Å². The van der Waals surface area contributed by atoms with Gasteiger partial charge in [0, 0.05) is 17.6 Å². The lowest BCUT2D eigenvalue weighted by Gasteiger charge is -2.41. The Morgan fingerprint density at radius 1 is 1.30 bits per heavy atom. The molecule has 1 aromatic carbocycles. The van der Waals surface area contributed by atoms with Gasteiger partial charge in [-0.3, -0.25) is 15.0 Å². The minimum absolute atomic E-state index is 0.0236. The van der Waals surface area contributed by atoms with E-state index in [9.17, 15) is 9.59 Å². The van der Waals surface area contributed by atoms with Gasteiger partial charge in [-0.1, -0.05) is 25.0 Å². The third-order valence-electron chi connectivity index (χ3n) is 4.91. The van der Waals surface area contributed by atoms with Crippen LogP contribution in [0.1, 0.15) is 31.2 Å². The quantitative estimate of drug-likeness (QED) is 0.664. The molecule has 1 heterocycles. The first-order valence-electron chi connectivity index (χ1n) is 8.31. The van der Waals surface area contributed by atoms with E-state index >= 15 is 0 Å². The van der Waals surface area contributed by atoms with Crippen LogP contribution in [0.4, 0.5) is 5.69 Å². The molecule has 1 aromatic rings. The molecule has 2 aliphatic rings. The number of hydrogen-bond acceptors (Lipinski definition) is 4. The number of amides is 2. The summed E-state index contributed by atoms with van der Waals surface area (Å²) in [6.07, 6.45) is 5.25. The predicted molar refractivity (Wildman–Crippen MR) is 88.3 cm³/mol. The highest BCUT2D eigenvalue weighted by molar-refractivity contribution is 5.92. The van der Waals surface area contributed by atoms with E-state index in [0.29, 0.717) is 5.92 Å². The average Bonchev–Trinajstić information content (AvgIpc) is 2.58. The average molecular weight is 316 g/mol. The smallest absolute Gasteiger partial charge is 0.238 e. The van der Waals surface area contributed by atoms with Crippen LogP contribution >= 0.6 is 0 Å². The monoisotopic (exact) mass is 316 g/mol. The molecule has 124 valence electrons. The van der Waals surface area contributed by atoms with Gasteiger partial charge < -0.3 is 11.1 Å². The van der Waals surface area contributed by atoms with Crippen LogP contribution in [0.2, 0.25) is 0 Å². The summed E-state index contributed by atoms with van der Waals surface area (Å²) in [5, 5.41) is 2.78. The molecule has 0 aromatic heterocycles. The Morgan fingerprint density at radius 3 is 2.96 bits per heavy atom. The van der Waals surface area contributed by atoms with Gasteiger partial charge in [-0.2, -0.15) is 0 Å². The number of benzene rings is 1. The molecule has 6 heteroatoms. The third-order valence-corrected chi connectivity index (χ3v) is 4.91. The van der Waals surface area contributed by atoms with Crippen LogP contribution in [0.15, 0.2) is 24.3 Å². The van der Waals surface area contributed by atoms with Crippen LogP contribution in [0, 0.1) is 11.8 Å². The second kappa shape index (κ2) is 7.10. The number of hydrazine groups is 1. The molecule has 3 atom stereocenters. The number of fused-ring (bicyclic) bond motifs is 1. The van der Waals surface area contributed by atoms with Crippen LogP contribution in [0.5, 0.6) is 0 Å². The van der Waals surface area contributed by atoms with Gasteiger partial charge in [0.05, 0.1) is 6.54 Å². The summed E-state index contributed by atoms with van der Waals surface area (Å²) >= 11 is 0. The Hall–Kier alpha value is -1.92. The van der Waals surface area contributed by atoms with E-state index in [0.717, 1.165) is 36.9 Å². The first-order valence-corrected chi connectivity index (χ1v) is 8.31. The maximum atomic E-state index is 12.0. The highest BCUT2D eigenvalue weighted by Gasteiger charge is 2.39. The summed E-state index contributed by atoms with van der Waals surface area (Å²) in [4.78, 5) is 23.4. The van der Waals surface area contributed by atoms with Gasteiger partial charge in [0.25, 0.3) is 0 Å². The van der Waals surface area contributed by atoms with Crippen LogP contribution in [-0.4, -0.2) is 24.4 Å². The second-order valence-electron chi connectivity index (χ2n) is 6.45. The van der Waals surface area contributed by atoms with E-state index in [4.69, 9.17) is 5.73 Å². The molecule has 0 radical (unpaired) electrons. The normalized spacial score (nSPS) is 27.0. The first kappa shape index (κ1) is 16.0. The molecular weight excluding hydrogens is 292 g/mol. The van der Waals surface area contributed by atoms with Crippen molar-refractivity contribution in [2.24, 2.45) is 17.6 Å². The van der Waals surface area contributed by atoms with E-state index in [1.54, 1.807) is 0 Å². The molecule has 2 amide bonds. The van der Waals surface area contributed by atoms with E-state index in [1.165, 1.54) is 6.42 Å². The molecule has 1 saturated carbocycles. The highest BCUT2D eigenvalue weighted by Crippen LogP contribution is 2.35.